The summed E-state index contributed by atoms with van der Waals surface area (Å²) in [5.41, 5.74) is 3.13. The van der Waals surface area contributed by atoms with Gasteiger partial charge in [0.05, 0.1) is 42.5 Å². The van der Waals surface area contributed by atoms with E-state index in [-0.39, 0.29) is 23.4 Å². The molecule has 0 unspecified atom stereocenters. The number of fused-ring (bicyclic) bond motifs is 4. The molecule has 2 saturated heterocycles. The molecule has 10 nitrogen and oxygen atoms in total. The van der Waals surface area contributed by atoms with Crippen molar-refractivity contribution in [3.63, 3.8) is 0 Å². The number of nitrogens with zero attached hydrogens (tertiary/aromatic N) is 8. The quantitative estimate of drug-likeness (QED) is 0.301. The summed E-state index contributed by atoms with van der Waals surface area (Å²) in [7, 11) is 0. The van der Waals surface area contributed by atoms with E-state index in [9.17, 15) is 9.50 Å². The predicted molar refractivity (Wildman–Crippen MR) is 159 cm³/mol. The molecule has 0 aliphatic carbocycles. The molecule has 0 radical (unpaired) electrons. The summed E-state index contributed by atoms with van der Waals surface area (Å²) in [5, 5.41) is 11.8. The molecule has 6 heterocycles. The molecule has 3 aromatic heterocycles. The highest BCUT2D eigenvalue weighted by atomic mass is 19.1. The van der Waals surface area contributed by atoms with Gasteiger partial charge in [-0.15, -0.1) is 6.42 Å². The summed E-state index contributed by atoms with van der Waals surface area (Å²) in [6.07, 6.45) is 15.8. The van der Waals surface area contributed by atoms with E-state index in [1.165, 1.54) is 18.9 Å². The summed E-state index contributed by atoms with van der Waals surface area (Å²) >= 11 is 0. The number of benzene rings is 2. The number of terminal acetylenes is 1. The van der Waals surface area contributed by atoms with E-state index < -0.39 is 5.82 Å². The standard InChI is InChI=1S/C32H31FN8O2/c1-2-25-26(33)6-5-21-13-24(42)14-22(27(21)25)16-40-20-35-28-29(40)36-31(38-11-12-39-19-34-15-23(39)17-38)37-30(28)43-18-32-7-3-9-41(32)10-4-8-32/h1,5-6,13-15,19-20,42H,3-4,7-12,16-18H2. The zero-order chi connectivity index (χ0) is 29.1. The minimum absolute atomic E-state index is 0.0494. The fraction of sp³-hybridized carbons (Fsp3) is 0.375. The van der Waals surface area contributed by atoms with Crippen LogP contribution in [-0.4, -0.2) is 70.9 Å². The number of rotatable bonds is 6. The highest BCUT2D eigenvalue weighted by molar-refractivity contribution is 5.92. The van der Waals surface area contributed by atoms with Crippen LogP contribution in [0.4, 0.5) is 10.3 Å². The number of imidazole rings is 2. The number of anilines is 1. The molecule has 1 N–H and O–H groups in total. The van der Waals surface area contributed by atoms with Crippen molar-refractivity contribution in [1.82, 2.24) is 34.0 Å². The molecule has 3 aliphatic rings. The normalized spacial score (nSPS) is 17.8. The second-order valence-electron chi connectivity index (χ2n) is 11.9. The number of hydrogen-bond acceptors (Lipinski definition) is 8. The van der Waals surface area contributed by atoms with Crippen LogP contribution in [0.1, 0.15) is 42.5 Å². The Hall–Kier alpha value is -4.69. The van der Waals surface area contributed by atoms with E-state index in [0.29, 0.717) is 52.5 Å². The molecule has 0 spiro atoms. The number of ether oxygens (including phenoxy) is 1. The van der Waals surface area contributed by atoms with Gasteiger partial charge in [0, 0.05) is 24.7 Å². The molecule has 43 heavy (non-hydrogen) atoms. The van der Waals surface area contributed by atoms with Gasteiger partial charge in [-0.05, 0) is 67.9 Å². The van der Waals surface area contributed by atoms with Crippen molar-refractivity contribution in [2.45, 2.75) is 50.9 Å². The van der Waals surface area contributed by atoms with Gasteiger partial charge in [0.15, 0.2) is 11.2 Å². The Morgan fingerprint density at radius 2 is 1.93 bits per heavy atom. The number of aromatic nitrogens is 6. The van der Waals surface area contributed by atoms with Crippen LogP contribution < -0.4 is 9.64 Å². The molecule has 11 heteroatoms. The van der Waals surface area contributed by atoms with Gasteiger partial charge in [-0.2, -0.15) is 9.97 Å². The van der Waals surface area contributed by atoms with Gasteiger partial charge < -0.3 is 23.9 Å². The molecule has 0 saturated carbocycles. The number of phenolic OH excluding ortho intramolecular Hbond substituents is 1. The lowest BCUT2D eigenvalue weighted by Crippen LogP contribution is -2.43. The molecule has 0 amide bonds. The van der Waals surface area contributed by atoms with E-state index in [1.54, 1.807) is 24.5 Å². The van der Waals surface area contributed by atoms with Crippen LogP contribution in [0.2, 0.25) is 0 Å². The zero-order valence-electron chi connectivity index (χ0n) is 23.7. The smallest absolute Gasteiger partial charge is 0.247 e. The maximum Gasteiger partial charge on any atom is 0.247 e. The molecular formula is C32H31FN8O2. The average Bonchev–Trinajstić information content (AvgIpc) is 3.80. The van der Waals surface area contributed by atoms with E-state index in [2.05, 4.69) is 25.3 Å². The first-order valence-electron chi connectivity index (χ1n) is 14.8. The van der Waals surface area contributed by atoms with Crippen molar-refractivity contribution in [2.24, 2.45) is 0 Å². The number of aromatic hydroxyl groups is 1. The Balaban J connectivity index is 1.22. The lowest BCUT2D eigenvalue weighted by molar-refractivity contribution is 0.111. The maximum absolute atomic E-state index is 14.8. The van der Waals surface area contributed by atoms with Crippen LogP contribution in [0, 0.1) is 18.2 Å². The lowest BCUT2D eigenvalue weighted by Gasteiger charge is -2.32. The van der Waals surface area contributed by atoms with Crippen LogP contribution in [0.3, 0.4) is 0 Å². The van der Waals surface area contributed by atoms with Gasteiger partial charge in [0.2, 0.25) is 11.8 Å². The maximum atomic E-state index is 14.8. The SMILES string of the molecule is C#Cc1c(F)ccc2cc(O)cc(Cn3cnc4c(OCC56CCCN5CCC6)nc(N5CCn6cncc6C5)nc43)c12. The van der Waals surface area contributed by atoms with Crippen LogP contribution >= 0.6 is 0 Å². The Labute approximate surface area is 247 Å². The van der Waals surface area contributed by atoms with E-state index in [1.807, 2.05) is 17.1 Å². The molecule has 2 fully saturated rings. The van der Waals surface area contributed by atoms with Crippen molar-refractivity contribution < 1.29 is 14.2 Å². The van der Waals surface area contributed by atoms with Gasteiger partial charge in [0.25, 0.3) is 0 Å². The highest BCUT2D eigenvalue weighted by Crippen LogP contribution is 2.40. The third kappa shape index (κ3) is 4.28. The van der Waals surface area contributed by atoms with Crippen LogP contribution in [0.25, 0.3) is 21.9 Å². The highest BCUT2D eigenvalue weighted by Gasteiger charge is 2.45. The third-order valence-electron chi connectivity index (χ3n) is 9.37. The summed E-state index contributed by atoms with van der Waals surface area (Å²) in [6.45, 7) is 5.17. The molecule has 5 aromatic rings. The second-order valence-corrected chi connectivity index (χ2v) is 11.9. The zero-order valence-corrected chi connectivity index (χ0v) is 23.7. The Kier molecular flexibility index (Phi) is 6.01. The van der Waals surface area contributed by atoms with Crippen LogP contribution in [0.15, 0.2) is 43.1 Å². The molecular weight excluding hydrogens is 547 g/mol. The first kappa shape index (κ1) is 26.0. The molecule has 3 aliphatic heterocycles. The minimum Gasteiger partial charge on any atom is -0.508 e. The fourth-order valence-corrected chi connectivity index (χ4v) is 7.24. The number of phenols is 1. The monoisotopic (exact) mass is 578 g/mol. The van der Waals surface area contributed by atoms with Crippen molar-refractivity contribution in [3.8, 4) is 24.0 Å². The van der Waals surface area contributed by atoms with Crippen molar-refractivity contribution in [3.05, 3.63) is 65.8 Å². The predicted octanol–water partition coefficient (Wildman–Crippen LogP) is 4.08. The van der Waals surface area contributed by atoms with Gasteiger partial charge in [0.1, 0.15) is 18.2 Å². The van der Waals surface area contributed by atoms with Gasteiger partial charge >= 0.3 is 0 Å². The van der Waals surface area contributed by atoms with E-state index in [0.717, 1.165) is 44.7 Å². The van der Waals surface area contributed by atoms with E-state index >= 15 is 0 Å². The average molecular weight is 579 g/mol. The Morgan fingerprint density at radius 3 is 2.77 bits per heavy atom. The molecule has 0 atom stereocenters. The van der Waals surface area contributed by atoms with Crippen molar-refractivity contribution in [2.75, 3.05) is 31.1 Å². The Morgan fingerprint density at radius 1 is 1.07 bits per heavy atom. The molecule has 2 aromatic carbocycles. The molecule has 218 valence electrons. The van der Waals surface area contributed by atoms with Crippen LogP contribution in [0.5, 0.6) is 11.6 Å². The number of halogens is 1. The fourth-order valence-electron chi connectivity index (χ4n) is 7.24. The summed E-state index contributed by atoms with van der Waals surface area (Å²) in [5.74, 6) is 3.11. The first-order chi connectivity index (χ1) is 21.0. The van der Waals surface area contributed by atoms with Crippen molar-refractivity contribution >= 4 is 27.9 Å². The second kappa shape index (κ2) is 9.95. The number of hydrogen-bond donors (Lipinski definition) is 1. The summed E-state index contributed by atoms with van der Waals surface area (Å²) in [4.78, 5) is 23.6. The van der Waals surface area contributed by atoms with E-state index in [4.69, 9.17) is 26.1 Å². The lowest BCUT2D eigenvalue weighted by atomic mass is 9.95. The van der Waals surface area contributed by atoms with Crippen molar-refractivity contribution in [1.29, 1.82) is 0 Å². The Bertz CT molecular complexity index is 1910. The molecule has 0 bridgehead atoms. The summed E-state index contributed by atoms with van der Waals surface area (Å²) in [6, 6.07) is 6.17. The summed E-state index contributed by atoms with van der Waals surface area (Å²) < 4.78 is 25.3. The van der Waals surface area contributed by atoms with Crippen LogP contribution in [-0.2, 0) is 19.6 Å². The minimum atomic E-state index is -0.477. The largest absolute Gasteiger partial charge is 0.508 e. The third-order valence-corrected chi connectivity index (χ3v) is 9.37. The molecule has 8 rings (SSSR count). The van der Waals surface area contributed by atoms with Gasteiger partial charge in [-0.25, -0.2) is 14.4 Å². The topological polar surface area (TPSA) is 97.4 Å². The van der Waals surface area contributed by atoms with Gasteiger partial charge in [-0.1, -0.05) is 12.0 Å². The van der Waals surface area contributed by atoms with Gasteiger partial charge in [-0.3, -0.25) is 4.90 Å². The first-order valence-corrected chi connectivity index (χ1v) is 14.8.